The summed E-state index contributed by atoms with van der Waals surface area (Å²) in [5.41, 5.74) is 4.85. The minimum absolute atomic E-state index is 0.213. The molecule has 0 aliphatic heterocycles. The van der Waals surface area contributed by atoms with E-state index in [-0.39, 0.29) is 5.91 Å². The maximum Gasteiger partial charge on any atom is 0.217 e. The van der Waals surface area contributed by atoms with Gasteiger partial charge in [0.1, 0.15) is 0 Å². The highest BCUT2D eigenvalue weighted by molar-refractivity contribution is 5.73. The lowest BCUT2D eigenvalue weighted by Crippen LogP contribution is -2.12. The molecule has 2 nitrogen and oxygen atoms in total. The summed E-state index contributed by atoms with van der Waals surface area (Å²) >= 11 is 0. The van der Waals surface area contributed by atoms with E-state index in [1.165, 1.54) is 0 Å². The summed E-state index contributed by atoms with van der Waals surface area (Å²) in [5, 5.41) is 0. The van der Waals surface area contributed by atoms with Gasteiger partial charge < -0.3 is 5.73 Å². The van der Waals surface area contributed by atoms with Gasteiger partial charge in [-0.25, -0.2) is 0 Å². The second-order valence-electron chi connectivity index (χ2n) is 2.06. The van der Waals surface area contributed by atoms with Crippen LogP contribution >= 0.6 is 0 Å². The molecular formula is C5H11NO. The Labute approximate surface area is 43.7 Å². The van der Waals surface area contributed by atoms with Gasteiger partial charge in [-0.1, -0.05) is 13.8 Å². The van der Waals surface area contributed by atoms with Crippen LogP contribution in [0.3, 0.4) is 0 Å². The van der Waals surface area contributed by atoms with Gasteiger partial charge in [0.25, 0.3) is 0 Å². The maximum absolute atomic E-state index is 10.0. The zero-order chi connectivity index (χ0) is 5.86. The normalized spacial score (nSPS) is 9.57. The van der Waals surface area contributed by atoms with Crippen molar-refractivity contribution >= 4 is 5.91 Å². The lowest BCUT2D eigenvalue weighted by Gasteiger charge is -1.95. The fourth-order valence-corrected chi connectivity index (χ4v) is 0.402. The van der Waals surface area contributed by atoms with E-state index in [9.17, 15) is 4.79 Å². The molecule has 0 saturated carbocycles. The summed E-state index contributed by atoms with van der Waals surface area (Å²) in [5.74, 6) is 0.188. The first-order chi connectivity index (χ1) is 3.13. The zero-order valence-electron chi connectivity index (χ0n) is 4.77. The molecule has 0 bridgehead atoms. The van der Waals surface area contributed by atoms with E-state index in [0.717, 1.165) is 0 Å². The first kappa shape index (κ1) is 6.47. The molecule has 0 radical (unpaired) electrons. The summed E-state index contributed by atoms with van der Waals surface area (Å²) in [6.07, 6.45) is 0.500. The molecule has 0 atom stereocenters. The van der Waals surface area contributed by atoms with Crippen molar-refractivity contribution in [3.63, 3.8) is 0 Å². The number of primary amides is 1. The molecule has 0 aromatic carbocycles. The molecular weight excluding hydrogens is 90.1 g/mol. The summed E-state index contributed by atoms with van der Waals surface area (Å²) in [4.78, 5) is 10.0. The Morgan fingerprint density at radius 2 is 2.14 bits per heavy atom. The van der Waals surface area contributed by atoms with Gasteiger partial charge >= 0.3 is 0 Å². The van der Waals surface area contributed by atoms with Crippen LogP contribution in [0.15, 0.2) is 0 Å². The van der Waals surface area contributed by atoms with Crippen molar-refractivity contribution < 1.29 is 4.79 Å². The third-order valence-corrected chi connectivity index (χ3v) is 0.609. The highest BCUT2D eigenvalue weighted by Crippen LogP contribution is 1.95. The number of hydrogen-bond donors (Lipinski definition) is 1. The molecule has 7 heavy (non-hydrogen) atoms. The number of amides is 1. The van der Waals surface area contributed by atoms with Gasteiger partial charge in [-0.05, 0) is 5.92 Å². The molecule has 0 spiro atoms. The van der Waals surface area contributed by atoms with Gasteiger partial charge in [0.2, 0.25) is 5.91 Å². The molecule has 0 aliphatic carbocycles. The first-order valence-electron chi connectivity index (χ1n) is 2.41. The number of hydrogen-bond acceptors (Lipinski definition) is 1. The number of nitrogens with two attached hydrogens (primary N) is 1. The first-order valence-corrected chi connectivity index (χ1v) is 2.41. The molecule has 2 N–H and O–H groups in total. The van der Waals surface area contributed by atoms with E-state index >= 15 is 0 Å². The molecule has 1 amide bonds. The van der Waals surface area contributed by atoms with Crippen LogP contribution in [0.5, 0.6) is 0 Å². The predicted octanol–water partition coefficient (Wildman–Crippen LogP) is 0.518. The van der Waals surface area contributed by atoms with Crippen molar-refractivity contribution in [2.24, 2.45) is 11.7 Å². The van der Waals surface area contributed by atoms with Gasteiger partial charge in [0.15, 0.2) is 0 Å². The quantitative estimate of drug-likeness (QED) is 0.541. The van der Waals surface area contributed by atoms with Crippen molar-refractivity contribution in [2.45, 2.75) is 20.3 Å². The molecule has 0 aromatic rings. The fourth-order valence-electron chi connectivity index (χ4n) is 0.402. The molecule has 0 aliphatic rings. The highest BCUT2D eigenvalue weighted by Gasteiger charge is 1.96. The van der Waals surface area contributed by atoms with E-state index in [1.54, 1.807) is 0 Å². The van der Waals surface area contributed by atoms with Crippen molar-refractivity contribution in [1.29, 1.82) is 0 Å². The van der Waals surface area contributed by atoms with Gasteiger partial charge in [0.05, 0.1) is 0 Å². The molecule has 2 heteroatoms. The second-order valence-corrected chi connectivity index (χ2v) is 2.06. The van der Waals surface area contributed by atoms with Crippen LogP contribution in [-0.4, -0.2) is 5.91 Å². The van der Waals surface area contributed by atoms with Crippen molar-refractivity contribution in [3.8, 4) is 0 Å². The lowest BCUT2D eigenvalue weighted by molar-refractivity contribution is -0.118. The molecule has 0 heterocycles. The van der Waals surface area contributed by atoms with Crippen LogP contribution < -0.4 is 5.73 Å². The summed E-state index contributed by atoms with van der Waals surface area (Å²) in [7, 11) is 0. The minimum atomic E-state index is -0.213. The molecule has 0 saturated heterocycles. The average molecular weight is 101 g/mol. The van der Waals surface area contributed by atoms with E-state index in [2.05, 4.69) is 0 Å². The Morgan fingerprint density at radius 1 is 1.71 bits per heavy atom. The van der Waals surface area contributed by atoms with E-state index in [1.807, 2.05) is 13.8 Å². The van der Waals surface area contributed by atoms with Crippen LogP contribution in [0.1, 0.15) is 20.3 Å². The minimum Gasteiger partial charge on any atom is -0.370 e. The SMILES string of the molecule is CC(C)CC(N)=O. The number of rotatable bonds is 2. The Bertz CT molecular complexity index is 68.5. The van der Waals surface area contributed by atoms with Gasteiger partial charge in [-0.15, -0.1) is 0 Å². The van der Waals surface area contributed by atoms with Crippen LogP contribution in [0.25, 0.3) is 0 Å². The molecule has 0 aromatic heterocycles. The third-order valence-electron chi connectivity index (χ3n) is 0.609. The van der Waals surface area contributed by atoms with E-state index in [4.69, 9.17) is 5.73 Å². The third kappa shape index (κ3) is 5.47. The van der Waals surface area contributed by atoms with Gasteiger partial charge in [0, 0.05) is 6.42 Å². The highest BCUT2D eigenvalue weighted by atomic mass is 16.1. The van der Waals surface area contributed by atoms with Gasteiger partial charge in [-0.2, -0.15) is 0 Å². The lowest BCUT2D eigenvalue weighted by atomic mass is 10.1. The summed E-state index contributed by atoms with van der Waals surface area (Å²) in [6.45, 7) is 3.93. The van der Waals surface area contributed by atoms with Crippen LogP contribution in [0, 0.1) is 5.92 Å². The van der Waals surface area contributed by atoms with Crippen LogP contribution in [0.4, 0.5) is 0 Å². The van der Waals surface area contributed by atoms with Crippen molar-refractivity contribution in [3.05, 3.63) is 0 Å². The molecule has 0 unspecified atom stereocenters. The smallest absolute Gasteiger partial charge is 0.217 e. The second kappa shape index (κ2) is 2.61. The Balaban J connectivity index is 3.13. The Hall–Kier alpha value is -0.530. The van der Waals surface area contributed by atoms with Crippen molar-refractivity contribution in [1.82, 2.24) is 0 Å². The van der Waals surface area contributed by atoms with Crippen LogP contribution in [-0.2, 0) is 4.79 Å². The maximum atomic E-state index is 10.0. The summed E-state index contributed by atoms with van der Waals surface area (Å²) < 4.78 is 0. The fraction of sp³-hybridized carbons (Fsp3) is 0.800. The Kier molecular flexibility index (Phi) is 2.41. The Morgan fingerprint density at radius 3 is 2.14 bits per heavy atom. The molecule has 0 rings (SSSR count). The largest absolute Gasteiger partial charge is 0.370 e. The zero-order valence-corrected chi connectivity index (χ0v) is 4.77. The monoisotopic (exact) mass is 101 g/mol. The summed E-state index contributed by atoms with van der Waals surface area (Å²) in [6, 6.07) is 0. The van der Waals surface area contributed by atoms with Gasteiger partial charge in [-0.3, -0.25) is 4.79 Å². The van der Waals surface area contributed by atoms with Crippen LogP contribution in [0.2, 0.25) is 0 Å². The number of carbonyl (C=O) groups excluding carboxylic acids is 1. The van der Waals surface area contributed by atoms with Crippen molar-refractivity contribution in [2.75, 3.05) is 0 Å². The average Bonchev–Trinajstić information content (AvgIpc) is 1.27. The number of carbonyl (C=O) groups is 1. The van der Waals surface area contributed by atoms with E-state index < -0.39 is 0 Å². The standard InChI is InChI=1S/C5H11NO/c1-4(2)3-5(6)7/h4H,3H2,1-2H3,(H2,6,7). The molecule has 0 fully saturated rings. The molecule has 42 valence electrons. The topological polar surface area (TPSA) is 43.1 Å². The predicted molar refractivity (Wildman–Crippen MR) is 28.6 cm³/mol. The van der Waals surface area contributed by atoms with E-state index in [0.29, 0.717) is 12.3 Å².